The molecular weight excluding hydrogens is 421 g/mol. The summed E-state index contributed by atoms with van der Waals surface area (Å²) in [7, 11) is 0. The smallest absolute Gasteiger partial charge is 0.411 e. The summed E-state index contributed by atoms with van der Waals surface area (Å²) in [5.74, 6) is -0.106. The average molecular weight is 446 g/mol. The molecule has 2 aliphatic heterocycles. The predicted molar refractivity (Wildman–Crippen MR) is 116 cm³/mol. The molecule has 1 saturated heterocycles. The Morgan fingerprint density at radius 1 is 1.32 bits per heavy atom. The Hall–Kier alpha value is -3.07. The van der Waals surface area contributed by atoms with Gasteiger partial charge in [0.1, 0.15) is 17.7 Å². The van der Waals surface area contributed by atoms with Crippen molar-refractivity contribution >= 4 is 34.7 Å². The quantitative estimate of drug-likeness (QED) is 0.720. The van der Waals surface area contributed by atoms with E-state index in [9.17, 15) is 19.1 Å². The van der Waals surface area contributed by atoms with Crippen LogP contribution in [0, 0.1) is 5.82 Å². The number of carboxylic acid groups (broad SMARTS) is 1. The molecule has 164 valence electrons. The number of nitrogens with one attached hydrogen (secondary N) is 1. The predicted octanol–water partition coefficient (Wildman–Crippen LogP) is 4.57. The van der Waals surface area contributed by atoms with Gasteiger partial charge in [-0.25, -0.2) is 9.18 Å². The molecule has 0 radical (unpaired) electrons. The Morgan fingerprint density at radius 2 is 2.13 bits per heavy atom. The van der Waals surface area contributed by atoms with Gasteiger partial charge in [-0.15, -0.1) is 11.3 Å². The number of fused-ring (bicyclic) bond motifs is 1. The first-order valence-corrected chi connectivity index (χ1v) is 11.0. The van der Waals surface area contributed by atoms with Crippen molar-refractivity contribution in [2.24, 2.45) is 0 Å². The number of likely N-dealkylation sites (tertiary alicyclic amines) is 1. The van der Waals surface area contributed by atoms with Gasteiger partial charge in [0.05, 0.1) is 24.5 Å². The van der Waals surface area contributed by atoms with E-state index in [0.29, 0.717) is 42.5 Å². The van der Waals surface area contributed by atoms with E-state index in [1.807, 2.05) is 11.4 Å². The number of thiophene rings is 1. The molecule has 2 aliphatic rings. The van der Waals surface area contributed by atoms with Crippen molar-refractivity contribution in [1.82, 2.24) is 9.80 Å². The number of carbonyl (C=O) groups excluding carboxylic acids is 1. The molecule has 9 heteroatoms. The summed E-state index contributed by atoms with van der Waals surface area (Å²) in [6, 6.07) is 6.18. The van der Waals surface area contributed by atoms with Crippen LogP contribution in [0.25, 0.3) is 5.70 Å². The summed E-state index contributed by atoms with van der Waals surface area (Å²) in [5, 5.41) is 14.8. The first kappa shape index (κ1) is 21.2. The number of piperidine rings is 1. The van der Waals surface area contributed by atoms with Crippen LogP contribution in [0.1, 0.15) is 37.1 Å². The van der Waals surface area contributed by atoms with Gasteiger partial charge in [-0.3, -0.25) is 9.69 Å². The van der Waals surface area contributed by atoms with Gasteiger partial charge in [0, 0.05) is 35.7 Å². The second kappa shape index (κ2) is 8.58. The SMILES string of the molecule is CC(=O)N1CCC[C@@H](Oc2cc(F)ccc2NC2=C(C)N(C(=O)O)Cc3sccc32)C1. The van der Waals surface area contributed by atoms with Gasteiger partial charge in [0.15, 0.2) is 0 Å². The zero-order chi connectivity index (χ0) is 22.1. The van der Waals surface area contributed by atoms with E-state index in [4.69, 9.17) is 4.74 Å². The van der Waals surface area contributed by atoms with Crippen molar-refractivity contribution in [2.45, 2.75) is 39.3 Å². The van der Waals surface area contributed by atoms with Gasteiger partial charge in [-0.1, -0.05) is 0 Å². The van der Waals surface area contributed by atoms with E-state index in [0.717, 1.165) is 23.3 Å². The summed E-state index contributed by atoms with van der Waals surface area (Å²) in [4.78, 5) is 27.4. The molecular formula is C22H24FN3O4S. The molecule has 2 amide bonds. The molecule has 0 spiro atoms. The maximum atomic E-state index is 14.1. The van der Waals surface area contributed by atoms with Crippen LogP contribution in [0.4, 0.5) is 14.9 Å². The molecule has 1 fully saturated rings. The average Bonchev–Trinajstić information content (AvgIpc) is 3.20. The Kier molecular flexibility index (Phi) is 5.86. The summed E-state index contributed by atoms with van der Waals surface area (Å²) in [5.41, 5.74) is 2.68. The van der Waals surface area contributed by atoms with Crippen molar-refractivity contribution in [3.05, 3.63) is 51.6 Å². The van der Waals surface area contributed by atoms with Gasteiger partial charge in [-0.2, -0.15) is 0 Å². The van der Waals surface area contributed by atoms with Crippen LogP contribution in [0.3, 0.4) is 0 Å². The molecule has 0 unspecified atom stereocenters. The highest BCUT2D eigenvalue weighted by Crippen LogP contribution is 2.38. The fourth-order valence-electron chi connectivity index (χ4n) is 3.98. The van der Waals surface area contributed by atoms with Crippen LogP contribution in [0.15, 0.2) is 35.3 Å². The topological polar surface area (TPSA) is 82.1 Å². The van der Waals surface area contributed by atoms with Crippen molar-refractivity contribution in [1.29, 1.82) is 0 Å². The second-order valence-corrected chi connectivity index (χ2v) is 8.70. The lowest BCUT2D eigenvalue weighted by molar-refractivity contribution is -0.131. The van der Waals surface area contributed by atoms with Gasteiger partial charge in [0.2, 0.25) is 5.91 Å². The third-order valence-corrected chi connectivity index (χ3v) is 6.54. The number of anilines is 1. The lowest BCUT2D eigenvalue weighted by Crippen LogP contribution is -2.43. The van der Waals surface area contributed by atoms with Gasteiger partial charge >= 0.3 is 6.09 Å². The lowest BCUT2D eigenvalue weighted by Gasteiger charge is -2.33. The Balaban J connectivity index is 1.64. The summed E-state index contributed by atoms with van der Waals surface area (Å²) in [6.45, 7) is 4.72. The zero-order valence-corrected chi connectivity index (χ0v) is 18.2. The molecule has 0 aliphatic carbocycles. The molecule has 3 heterocycles. The fraction of sp³-hybridized carbons (Fsp3) is 0.364. The normalized spacial score (nSPS) is 18.6. The van der Waals surface area contributed by atoms with Crippen LogP contribution in [0.5, 0.6) is 5.75 Å². The summed E-state index contributed by atoms with van der Waals surface area (Å²) >= 11 is 1.49. The third-order valence-electron chi connectivity index (χ3n) is 5.63. The van der Waals surface area contributed by atoms with Crippen molar-refractivity contribution in [3.63, 3.8) is 0 Å². The van der Waals surface area contributed by atoms with Crippen LogP contribution >= 0.6 is 11.3 Å². The van der Waals surface area contributed by atoms with Gasteiger partial charge in [-0.05, 0) is 43.3 Å². The van der Waals surface area contributed by atoms with Gasteiger partial charge in [0.25, 0.3) is 0 Å². The maximum absolute atomic E-state index is 14.1. The Morgan fingerprint density at radius 3 is 2.87 bits per heavy atom. The maximum Gasteiger partial charge on any atom is 0.411 e. The number of halogens is 1. The summed E-state index contributed by atoms with van der Waals surface area (Å²) in [6.07, 6.45) is 0.313. The fourth-order valence-corrected chi connectivity index (χ4v) is 4.85. The third kappa shape index (κ3) is 4.36. The van der Waals surface area contributed by atoms with Crippen molar-refractivity contribution < 1.29 is 23.8 Å². The molecule has 0 saturated carbocycles. The molecule has 2 aromatic rings. The highest BCUT2D eigenvalue weighted by atomic mass is 32.1. The molecule has 1 aromatic heterocycles. The Bertz CT molecular complexity index is 1050. The molecule has 0 bridgehead atoms. The minimum Gasteiger partial charge on any atom is -0.486 e. The van der Waals surface area contributed by atoms with E-state index >= 15 is 0 Å². The zero-order valence-electron chi connectivity index (χ0n) is 17.4. The van der Waals surface area contributed by atoms with Crippen LogP contribution in [0.2, 0.25) is 0 Å². The van der Waals surface area contributed by atoms with E-state index in [1.165, 1.54) is 35.3 Å². The number of allylic oxidation sites excluding steroid dienone is 1. The van der Waals surface area contributed by atoms with E-state index in [-0.39, 0.29) is 12.0 Å². The summed E-state index contributed by atoms with van der Waals surface area (Å²) < 4.78 is 20.2. The molecule has 31 heavy (non-hydrogen) atoms. The number of hydrogen-bond donors (Lipinski definition) is 2. The van der Waals surface area contributed by atoms with Crippen molar-refractivity contribution in [3.8, 4) is 5.75 Å². The van der Waals surface area contributed by atoms with Crippen LogP contribution in [-0.2, 0) is 11.3 Å². The highest BCUT2D eigenvalue weighted by Gasteiger charge is 2.28. The number of amides is 2. The lowest BCUT2D eigenvalue weighted by atomic mass is 10.1. The van der Waals surface area contributed by atoms with Gasteiger partial charge < -0.3 is 20.1 Å². The second-order valence-electron chi connectivity index (χ2n) is 7.70. The monoisotopic (exact) mass is 445 g/mol. The molecule has 2 N–H and O–H groups in total. The minimum absolute atomic E-state index is 0.00683. The number of nitrogens with zero attached hydrogens (tertiary/aromatic N) is 2. The molecule has 1 aromatic carbocycles. The highest BCUT2D eigenvalue weighted by molar-refractivity contribution is 7.10. The van der Waals surface area contributed by atoms with E-state index in [2.05, 4.69) is 5.32 Å². The first-order chi connectivity index (χ1) is 14.8. The van der Waals surface area contributed by atoms with Crippen molar-refractivity contribution in [2.75, 3.05) is 18.4 Å². The Labute approximate surface area is 183 Å². The molecule has 1 atom stereocenters. The van der Waals surface area contributed by atoms with Crippen LogP contribution < -0.4 is 10.1 Å². The standard InChI is InChI=1S/C22H24FN3O4S/c1-13-21(17-7-9-31-20(17)12-26(13)22(28)29)24-18-6-5-15(23)10-19(18)30-16-4-3-8-25(11-16)14(2)27/h5-7,9-10,16,24H,3-4,8,11-12H2,1-2H3,(H,28,29)/t16-/m1/s1. The number of ether oxygens (including phenoxy) is 1. The van der Waals surface area contributed by atoms with E-state index in [1.54, 1.807) is 17.9 Å². The number of carbonyl (C=O) groups is 2. The number of rotatable bonds is 4. The van der Waals surface area contributed by atoms with E-state index < -0.39 is 11.9 Å². The molecule has 4 rings (SSSR count). The number of hydrogen-bond acceptors (Lipinski definition) is 5. The minimum atomic E-state index is -1.03. The first-order valence-electron chi connectivity index (χ1n) is 10.1. The number of benzene rings is 1. The molecule has 7 nitrogen and oxygen atoms in total. The largest absolute Gasteiger partial charge is 0.486 e. The van der Waals surface area contributed by atoms with Crippen LogP contribution in [-0.4, -0.2) is 46.1 Å².